The van der Waals surface area contributed by atoms with Crippen LogP contribution in [0.3, 0.4) is 0 Å². The molecule has 6 heteroatoms. The minimum absolute atomic E-state index is 0.0325. The molecular formula is C23H28N2O4. The summed E-state index contributed by atoms with van der Waals surface area (Å²) < 4.78 is 10.8. The number of carbonyl (C=O) groups excluding carboxylic acids is 2. The van der Waals surface area contributed by atoms with Crippen LogP contribution in [-0.4, -0.2) is 44.1 Å². The molecule has 1 heterocycles. The van der Waals surface area contributed by atoms with Gasteiger partial charge in [0.15, 0.2) is 0 Å². The first-order valence-electron chi connectivity index (χ1n) is 9.88. The molecule has 29 heavy (non-hydrogen) atoms. The van der Waals surface area contributed by atoms with E-state index in [1.165, 1.54) is 0 Å². The minimum atomic E-state index is -0.390. The monoisotopic (exact) mass is 396 g/mol. The van der Waals surface area contributed by atoms with Gasteiger partial charge in [0.1, 0.15) is 5.75 Å². The van der Waals surface area contributed by atoms with Crippen LogP contribution in [0.4, 0.5) is 0 Å². The second kappa shape index (κ2) is 10.1. The third kappa shape index (κ3) is 4.95. The summed E-state index contributed by atoms with van der Waals surface area (Å²) in [5.74, 6) is 0.296. The number of likely N-dealkylation sites (tertiary alicyclic amines) is 1. The van der Waals surface area contributed by atoms with Crippen molar-refractivity contribution in [2.24, 2.45) is 5.92 Å². The first-order valence-corrected chi connectivity index (χ1v) is 9.88. The lowest BCUT2D eigenvalue weighted by molar-refractivity contribution is -0.144. The predicted molar refractivity (Wildman–Crippen MR) is 110 cm³/mol. The van der Waals surface area contributed by atoms with Crippen LogP contribution >= 0.6 is 0 Å². The van der Waals surface area contributed by atoms with E-state index in [2.05, 4.69) is 5.32 Å². The lowest BCUT2D eigenvalue weighted by Gasteiger charge is -2.41. The molecule has 0 spiro atoms. The standard InChI is InChI=1S/C23H28N2O4/c1-28-15-14-25-21(26)13-12-19(22(25)18-10-6-7-11-20(18)29-2)23(27)24-16-17-8-4-3-5-9-17/h3-11,19,22H,12-16H2,1-2H3,(H,24,27)/t19-,22+/m1/s1. The van der Waals surface area contributed by atoms with E-state index >= 15 is 0 Å². The van der Waals surface area contributed by atoms with Crippen LogP contribution in [0.2, 0.25) is 0 Å². The molecule has 1 saturated heterocycles. The highest BCUT2D eigenvalue weighted by atomic mass is 16.5. The topological polar surface area (TPSA) is 67.9 Å². The third-order valence-corrected chi connectivity index (χ3v) is 5.35. The van der Waals surface area contributed by atoms with Crippen LogP contribution in [0.15, 0.2) is 54.6 Å². The molecule has 1 N–H and O–H groups in total. The Hall–Kier alpha value is -2.86. The molecule has 0 unspecified atom stereocenters. The Kier molecular flexibility index (Phi) is 7.25. The maximum Gasteiger partial charge on any atom is 0.225 e. The number of nitrogens with one attached hydrogen (secondary N) is 1. The summed E-state index contributed by atoms with van der Waals surface area (Å²) in [4.78, 5) is 27.7. The number of nitrogens with zero attached hydrogens (tertiary/aromatic N) is 1. The van der Waals surface area contributed by atoms with Gasteiger partial charge < -0.3 is 19.7 Å². The van der Waals surface area contributed by atoms with Gasteiger partial charge in [-0.15, -0.1) is 0 Å². The summed E-state index contributed by atoms with van der Waals surface area (Å²) in [7, 11) is 3.21. The number of piperidine rings is 1. The maximum atomic E-state index is 13.2. The van der Waals surface area contributed by atoms with E-state index in [0.717, 1.165) is 11.1 Å². The second-order valence-corrected chi connectivity index (χ2v) is 7.12. The van der Waals surface area contributed by atoms with Gasteiger partial charge in [-0.3, -0.25) is 9.59 Å². The number of methoxy groups -OCH3 is 2. The molecule has 154 valence electrons. The van der Waals surface area contributed by atoms with Gasteiger partial charge in [0.2, 0.25) is 11.8 Å². The molecule has 0 aliphatic carbocycles. The van der Waals surface area contributed by atoms with Crippen LogP contribution in [-0.2, 0) is 20.9 Å². The van der Waals surface area contributed by atoms with E-state index in [1.807, 2.05) is 54.6 Å². The van der Waals surface area contributed by atoms with Crippen molar-refractivity contribution in [3.63, 3.8) is 0 Å². The Balaban J connectivity index is 1.88. The molecule has 2 atom stereocenters. The fourth-order valence-electron chi connectivity index (χ4n) is 3.89. The molecular weight excluding hydrogens is 368 g/mol. The highest BCUT2D eigenvalue weighted by Crippen LogP contribution is 2.40. The van der Waals surface area contributed by atoms with Crippen molar-refractivity contribution in [3.8, 4) is 5.75 Å². The molecule has 6 nitrogen and oxygen atoms in total. The zero-order valence-electron chi connectivity index (χ0n) is 17.0. The van der Waals surface area contributed by atoms with E-state index in [4.69, 9.17) is 9.47 Å². The summed E-state index contributed by atoms with van der Waals surface area (Å²) in [5.41, 5.74) is 1.89. The van der Waals surface area contributed by atoms with Crippen LogP contribution in [0.5, 0.6) is 5.75 Å². The van der Waals surface area contributed by atoms with Crippen LogP contribution in [0.25, 0.3) is 0 Å². The van der Waals surface area contributed by atoms with Gasteiger partial charge in [-0.25, -0.2) is 0 Å². The van der Waals surface area contributed by atoms with Crippen molar-refractivity contribution in [2.75, 3.05) is 27.4 Å². The number of amides is 2. The van der Waals surface area contributed by atoms with Gasteiger partial charge in [0.05, 0.1) is 25.7 Å². The Bertz CT molecular complexity index is 825. The molecule has 0 bridgehead atoms. The first kappa shape index (κ1) is 20.9. The van der Waals surface area contributed by atoms with Gasteiger partial charge in [0.25, 0.3) is 0 Å². The second-order valence-electron chi connectivity index (χ2n) is 7.12. The van der Waals surface area contributed by atoms with Gasteiger partial charge in [-0.2, -0.15) is 0 Å². The quantitative estimate of drug-likeness (QED) is 0.745. The number of benzene rings is 2. The predicted octanol–water partition coefficient (Wildman–Crippen LogP) is 2.94. The van der Waals surface area contributed by atoms with Crippen molar-refractivity contribution in [1.82, 2.24) is 10.2 Å². The SMILES string of the molecule is COCCN1C(=O)CC[C@@H](C(=O)NCc2ccccc2)[C@@H]1c1ccccc1OC. The van der Waals surface area contributed by atoms with Gasteiger partial charge >= 0.3 is 0 Å². The van der Waals surface area contributed by atoms with E-state index in [1.54, 1.807) is 19.1 Å². The van der Waals surface area contributed by atoms with Crippen molar-refractivity contribution in [2.45, 2.75) is 25.4 Å². The maximum absolute atomic E-state index is 13.2. The number of rotatable bonds is 8. The van der Waals surface area contributed by atoms with E-state index < -0.39 is 6.04 Å². The Labute approximate surface area is 171 Å². The van der Waals surface area contributed by atoms with E-state index in [-0.39, 0.29) is 17.7 Å². The number of hydrogen-bond donors (Lipinski definition) is 1. The smallest absolute Gasteiger partial charge is 0.225 e. The van der Waals surface area contributed by atoms with E-state index in [9.17, 15) is 9.59 Å². The zero-order valence-corrected chi connectivity index (χ0v) is 17.0. The van der Waals surface area contributed by atoms with Crippen LogP contribution in [0, 0.1) is 5.92 Å². The van der Waals surface area contributed by atoms with Gasteiger partial charge in [-0.1, -0.05) is 48.5 Å². The van der Waals surface area contributed by atoms with Crippen LogP contribution in [0.1, 0.15) is 30.0 Å². The lowest BCUT2D eigenvalue weighted by Crippen LogP contribution is -2.49. The summed E-state index contributed by atoms with van der Waals surface area (Å²) in [5, 5.41) is 3.05. The fraction of sp³-hybridized carbons (Fsp3) is 0.391. The molecule has 1 aliphatic heterocycles. The molecule has 2 aromatic rings. The summed E-state index contributed by atoms with van der Waals surface area (Å²) in [6.45, 7) is 1.30. The average molecular weight is 396 g/mol. The third-order valence-electron chi connectivity index (χ3n) is 5.35. The summed E-state index contributed by atoms with van der Waals surface area (Å²) >= 11 is 0. The number of ether oxygens (including phenoxy) is 2. The zero-order chi connectivity index (χ0) is 20.6. The Morgan fingerprint density at radius 1 is 1.10 bits per heavy atom. The number of para-hydroxylation sites is 1. The molecule has 0 radical (unpaired) electrons. The average Bonchev–Trinajstić information content (AvgIpc) is 2.77. The highest BCUT2D eigenvalue weighted by Gasteiger charge is 2.41. The Morgan fingerprint density at radius 2 is 1.83 bits per heavy atom. The normalized spacial score (nSPS) is 19.1. The molecule has 0 saturated carbocycles. The minimum Gasteiger partial charge on any atom is -0.496 e. The molecule has 0 aromatic heterocycles. The summed E-state index contributed by atoms with van der Waals surface area (Å²) in [6.07, 6.45) is 0.852. The van der Waals surface area contributed by atoms with Gasteiger partial charge in [-0.05, 0) is 18.1 Å². The van der Waals surface area contributed by atoms with Crippen LogP contribution < -0.4 is 10.1 Å². The number of carbonyl (C=O) groups is 2. The van der Waals surface area contributed by atoms with Crippen molar-refractivity contribution < 1.29 is 19.1 Å². The summed E-state index contributed by atoms with van der Waals surface area (Å²) in [6, 6.07) is 17.0. The van der Waals surface area contributed by atoms with Crippen molar-refractivity contribution in [1.29, 1.82) is 0 Å². The molecule has 1 aliphatic rings. The van der Waals surface area contributed by atoms with Crippen molar-refractivity contribution >= 4 is 11.8 Å². The largest absolute Gasteiger partial charge is 0.496 e. The molecule has 3 rings (SSSR count). The van der Waals surface area contributed by atoms with Gasteiger partial charge in [0, 0.05) is 32.2 Å². The fourth-order valence-corrected chi connectivity index (χ4v) is 3.89. The Morgan fingerprint density at radius 3 is 2.55 bits per heavy atom. The first-order chi connectivity index (χ1) is 14.2. The van der Waals surface area contributed by atoms with Crippen molar-refractivity contribution in [3.05, 3.63) is 65.7 Å². The molecule has 2 amide bonds. The van der Waals surface area contributed by atoms with E-state index in [0.29, 0.717) is 38.3 Å². The molecule has 2 aromatic carbocycles. The number of hydrogen-bond acceptors (Lipinski definition) is 4. The molecule has 1 fully saturated rings. The lowest BCUT2D eigenvalue weighted by atomic mass is 9.83. The highest BCUT2D eigenvalue weighted by molar-refractivity contribution is 5.85.